The van der Waals surface area contributed by atoms with Crippen molar-refractivity contribution in [3.8, 4) is 11.1 Å². The maximum atomic E-state index is 12.5. The number of benzene rings is 3. The summed E-state index contributed by atoms with van der Waals surface area (Å²) in [7, 11) is 0. The van der Waals surface area contributed by atoms with E-state index in [1.54, 1.807) is 0 Å². The normalized spacial score (nSPS) is 10.4. The largest absolute Gasteiger partial charge is 0.397 e. The summed E-state index contributed by atoms with van der Waals surface area (Å²) in [5, 5.41) is 2.92. The number of hydrogen-bond donors (Lipinski definition) is 2. The number of carbonyl (C=O) groups excluding carboxylic acids is 1. The van der Waals surface area contributed by atoms with Gasteiger partial charge in [-0.05, 0) is 47.4 Å². The number of hydrogen-bond acceptors (Lipinski definition) is 2. The van der Waals surface area contributed by atoms with Gasteiger partial charge in [-0.1, -0.05) is 61.9 Å². The maximum absolute atomic E-state index is 12.5. The van der Waals surface area contributed by atoms with Gasteiger partial charge < -0.3 is 11.1 Å². The third kappa shape index (κ3) is 4.07. The molecule has 3 rings (SSSR count). The average Bonchev–Trinajstić information content (AvgIpc) is 2.65. The number of nitrogen functional groups attached to an aromatic ring is 1. The van der Waals surface area contributed by atoms with Crippen molar-refractivity contribution in [2.24, 2.45) is 0 Å². The van der Waals surface area contributed by atoms with E-state index in [9.17, 15) is 4.79 Å². The molecule has 3 N–H and O–H groups in total. The first-order chi connectivity index (χ1) is 12.2. The third-order valence-electron chi connectivity index (χ3n) is 4.16. The SMILES string of the molecule is CCCc1ccc(C(=O)Nc2cc(-c3ccccc3)ccc2N)cc1. The Bertz CT molecular complexity index is 855. The zero-order valence-corrected chi connectivity index (χ0v) is 14.3. The van der Waals surface area contributed by atoms with Crippen LogP contribution in [-0.2, 0) is 6.42 Å². The molecule has 3 aromatic carbocycles. The van der Waals surface area contributed by atoms with Crippen molar-refractivity contribution in [2.45, 2.75) is 19.8 Å². The van der Waals surface area contributed by atoms with Gasteiger partial charge in [0, 0.05) is 5.56 Å². The number of nitrogens with two attached hydrogens (primary N) is 1. The van der Waals surface area contributed by atoms with Gasteiger partial charge in [-0.15, -0.1) is 0 Å². The minimum absolute atomic E-state index is 0.153. The van der Waals surface area contributed by atoms with Crippen LogP contribution in [0.2, 0.25) is 0 Å². The maximum Gasteiger partial charge on any atom is 0.255 e. The second-order valence-corrected chi connectivity index (χ2v) is 6.07. The highest BCUT2D eigenvalue weighted by Gasteiger charge is 2.09. The fraction of sp³-hybridized carbons (Fsp3) is 0.136. The van der Waals surface area contributed by atoms with E-state index in [0.717, 1.165) is 24.0 Å². The molecular weight excluding hydrogens is 308 g/mol. The van der Waals surface area contributed by atoms with E-state index in [2.05, 4.69) is 12.2 Å². The molecule has 0 aromatic heterocycles. The molecule has 3 heteroatoms. The lowest BCUT2D eigenvalue weighted by atomic mass is 10.0. The lowest BCUT2D eigenvalue weighted by Gasteiger charge is -2.11. The molecule has 1 amide bonds. The third-order valence-corrected chi connectivity index (χ3v) is 4.16. The van der Waals surface area contributed by atoms with Gasteiger partial charge in [0.1, 0.15) is 0 Å². The highest BCUT2D eigenvalue weighted by molar-refractivity contribution is 6.06. The van der Waals surface area contributed by atoms with Gasteiger partial charge in [0.25, 0.3) is 5.91 Å². The van der Waals surface area contributed by atoms with Crippen molar-refractivity contribution >= 4 is 17.3 Å². The molecule has 0 aliphatic heterocycles. The summed E-state index contributed by atoms with van der Waals surface area (Å²) in [6.45, 7) is 2.14. The van der Waals surface area contributed by atoms with E-state index in [0.29, 0.717) is 16.9 Å². The van der Waals surface area contributed by atoms with E-state index in [1.807, 2.05) is 72.8 Å². The smallest absolute Gasteiger partial charge is 0.255 e. The van der Waals surface area contributed by atoms with Crippen molar-refractivity contribution in [1.82, 2.24) is 0 Å². The zero-order chi connectivity index (χ0) is 17.6. The molecule has 0 radical (unpaired) electrons. The standard InChI is InChI=1S/C22H22N2O/c1-2-6-16-9-11-18(12-10-16)22(25)24-21-15-19(13-14-20(21)23)17-7-4-3-5-8-17/h3-5,7-15H,2,6,23H2,1H3,(H,24,25). The van der Waals surface area contributed by atoms with Crippen LogP contribution in [0.3, 0.4) is 0 Å². The highest BCUT2D eigenvalue weighted by Crippen LogP contribution is 2.27. The molecule has 0 unspecified atom stereocenters. The van der Waals surface area contributed by atoms with Crippen molar-refractivity contribution in [3.05, 3.63) is 83.9 Å². The summed E-state index contributed by atoms with van der Waals surface area (Å²) in [5.41, 5.74) is 11.2. The molecule has 0 bridgehead atoms. The van der Waals surface area contributed by atoms with Crippen LogP contribution in [0.5, 0.6) is 0 Å². The first-order valence-electron chi connectivity index (χ1n) is 8.52. The van der Waals surface area contributed by atoms with E-state index < -0.39 is 0 Å². The summed E-state index contributed by atoms with van der Waals surface area (Å²) in [6, 6.07) is 23.4. The number of carbonyl (C=O) groups is 1. The van der Waals surface area contributed by atoms with E-state index >= 15 is 0 Å². The highest BCUT2D eigenvalue weighted by atomic mass is 16.1. The number of rotatable bonds is 5. The molecule has 0 atom stereocenters. The monoisotopic (exact) mass is 330 g/mol. The Morgan fingerprint density at radius 3 is 2.32 bits per heavy atom. The first kappa shape index (κ1) is 16.8. The molecule has 0 heterocycles. The quantitative estimate of drug-likeness (QED) is 0.636. The summed E-state index contributed by atoms with van der Waals surface area (Å²) in [5.74, 6) is -0.153. The fourth-order valence-electron chi connectivity index (χ4n) is 2.78. The van der Waals surface area contributed by atoms with Crippen molar-refractivity contribution in [3.63, 3.8) is 0 Å². The number of amides is 1. The number of aryl methyl sites for hydroxylation is 1. The summed E-state index contributed by atoms with van der Waals surface area (Å²) in [6.07, 6.45) is 2.11. The van der Waals surface area contributed by atoms with Gasteiger partial charge in [0.2, 0.25) is 0 Å². The molecule has 126 valence electrons. The average molecular weight is 330 g/mol. The fourth-order valence-corrected chi connectivity index (χ4v) is 2.78. The van der Waals surface area contributed by atoms with Gasteiger partial charge in [-0.25, -0.2) is 0 Å². The molecule has 25 heavy (non-hydrogen) atoms. The molecule has 0 aliphatic rings. The Morgan fingerprint density at radius 2 is 1.64 bits per heavy atom. The number of nitrogens with one attached hydrogen (secondary N) is 1. The topological polar surface area (TPSA) is 55.1 Å². The molecule has 0 fully saturated rings. The van der Waals surface area contributed by atoms with Gasteiger partial charge in [-0.3, -0.25) is 4.79 Å². The Hall–Kier alpha value is -3.07. The summed E-state index contributed by atoms with van der Waals surface area (Å²) in [4.78, 5) is 12.5. The summed E-state index contributed by atoms with van der Waals surface area (Å²) < 4.78 is 0. The van der Waals surface area contributed by atoms with Gasteiger partial charge in [0.15, 0.2) is 0 Å². The van der Waals surface area contributed by atoms with Crippen LogP contribution in [0.4, 0.5) is 11.4 Å². The second kappa shape index (κ2) is 7.67. The Labute approximate surface area is 148 Å². The minimum atomic E-state index is -0.153. The van der Waals surface area contributed by atoms with E-state index in [4.69, 9.17) is 5.73 Å². The van der Waals surface area contributed by atoms with Crippen LogP contribution in [0.25, 0.3) is 11.1 Å². The second-order valence-electron chi connectivity index (χ2n) is 6.07. The first-order valence-corrected chi connectivity index (χ1v) is 8.52. The van der Waals surface area contributed by atoms with Gasteiger partial charge in [0.05, 0.1) is 11.4 Å². The molecular formula is C22H22N2O. The van der Waals surface area contributed by atoms with Crippen LogP contribution < -0.4 is 11.1 Å². The van der Waals surface area contributed by atoms with Crippen molar-refractivity contribution in [2.75, 3.05) is 11.1 Å². The Kier molecular flexibility index (Phi) is 5.14. The lowest BCUT2D eigenvalue weighted by Crippen LogP contribution is -2.13. The zero-order valence-electron chi connectivity index (χ0n) is 14.3. The lowest BCUT2D eigenvalue weighted by molar-refractivity contribution is 0.102. The van der Waals surface area contributed by atoms with Crippen molar-refractivity contribution in [1.29, 1.82) is 0 Å². The predicted octanol–water partition coefficient (Wildman–Crippen LogP) is 5.14. The van der Waals surface area contributed by atoms with Crippen LogP contribution in [0.1, 0.15) is 29.3 Å². The van der Waals surface area contributed by atoms with Crippen LogP contribution in [0, 0.1) is 0 Å². The van der Waals surface area contributed by atoms with Crippen LogP contribution >= 0.6 is 0 Å². The Morgan fingerprint density at radius 1 is 0.920 bits per heavy atom. The Balaban J connectivity index is 1.81. The minimum Gasteiger partial charge on any atom is -0.397 e. The van der Waals surface area contributed by atoms with Crippen LogP contribution in [0.15, 0.2) is 72.8 Å². The molecule has 3 aromatic rings. The van der Waals surface area contributed by atoms with Gasteiger partial charge in [-0.2, -0.15) is 0 Å². The molecule has 0 spiro atoms. The molecule has 0 saturated carbocycles. The molecule has 3 nitrogen and oxygen atoms in total. The molecule has 0 saturated heterocycles. The van der Waals surface area contributed by atoms with Gasteiger partial charge >= 0.3 is 0 Å². The van der Waals surface area contributed by atoms with Crippen molar-refractivity contribution < 1.29 is 4.79 Å². The number of anilines is 2. The van der Waals surface area contributed by atoms with Crippen LogP contribution in [-0.4, -0.2) is 5.91 Å². The predicted molar refractivity (Wildman–Crippen MR) is 105 cm³/mol. The van der Waals surface area contributed by atoms with E-state index in [-0.39, 0.29) is 5.91 Å². The summed E-state index contributed by atoms with van der Waals surface area (Å²) >= 11 is 0. The van der Waals surface area contributed by atoms with E-state index in [1.165, 1.54) is 5.56 Å². The molecule has 0 aliphatic carbocycles.